The third-order valence-electron chi connectivity index (χ3n) is 6.00. The second-order valence-corrected chi connectivity index (χ2v) is 8.63. The van der Waals surface area contributed by atoms with Gasteiger partial charge >= 0.3 is 12.1 Å². The van der Waals surface area contributed by atoms with Crippen molar-refractivity contribution in [3.8, 4) is 0 Å². The van der Waals surface area contributed by atoms with Crippen molar-refractivity contribution >= 4 is 23.8 Å². The number of hydrogen-bond acceptors (Lipinski definition) is 7. The number of esters is 1. The molecule has 1 heterocycles. The van der Waals surface area contributed by atoms with Crippen molar-refractivity contribution < 1.29 is 28.7 Å². The number of likely N-dealkylation sites (tertiary alicyclic amines) is 1. The van der Waals surface area contributed by atoms with Gasteiger partial charge < -0.3 is 25.4 Å². The third-order valence-corrected chi connectivity index (χ3v) is 6.00. The van der Waals surface area contributed by atoms with Crippen molar-refractivity contribution in [2.24, 2.45) is 5.73 Å². The zero-order valence-corrected chi connectivity index (χ0v) is 20.3. The molecule has 36 heavy (non-hydrogen) atoms. The van der Waals surface area contributed by atoms with E-state index in [-0.39, 0.29) is 18.3 Å². The first-order valence-corrected chi connectivity index (χ1v) is 12.2. The Labute approximate surface area is 210 Å². The number of rotatable bonds is 12. The smallest absolute Gasteiger partial charge is 0.408 e. The van der Waals surface area contributed by atoms with E-state index in [4.69, 9.17) is 15.2 Å². The van der Waals surface area contributed by atoms with Crippen molar-refractivity contribution in [1.82, 2.24) is 10.2 Å². The molecular weight excluding hydrogens is 462 g/mol. The topological polar surface area (TPSA) is 128 Å². The molecule has 2 amide bonds. The third kappa shape index (κ3) is 7.91. The van der Waals surface area contributed by atoms with E-state index >= 15 is 0 Å². The molecule has 1 aliphatic heterocycles. The summed E-state index contributed by atoms with van der Waals surface area (Å²) in [7, 11) is 0. The van der Waals surface area contributed by atoms with Crippen LogP contribution in [0.5, 0.6) is 0 Å². The van der Waals surface area contributed by atoms with Gasteiger partial charge in [0.1, 0.15) is 18.7 Å². The van der Waals surface area contributed by atoms with Crippen LogP contribution in [-0.2, 0) is 25.7 Å². The molecule has 3 N–H and O–H groups in total. The lowest BCUT2D eigenvalue weighted by molar-refractivity contribution is -0.153. The molecule has 0 aliphatic carbocycles. The molecule has 1 saturated heterocycles. The Balaban J connectivity index is 1.58. The van der Waals surface area contributed by atoms with Crippen LogP contribution in [0.25, 0.3) is 0 Å². The SMILES string of the molecule is NCCCC[C@H](NC(=O)OCc1ccccc1)C(=O)N1CCC[C@@H]1C(=O)OCC(=O)c1ccccc1. The predicted molar refractivity (Wildman–Crippen MR) is 133 cm³/mol. The quantitative estimate of drug-likeness (QED) is 0.263. The van der Waals surface area contributed by atoms with Gasteiger partial charge in [0.2, 0.25) is 5.91 Å². The zero-order valence-electron chi connectivity index (χ0n) is 20.3. The Morgan fingerprint density at radius 1 is 0.972 bits per heavy atom. The standard InChI is InChI=1S/C27H33N3O6/c28-16-8-7-14-22(29-27(34)36-18-20-10-3-1-4-11-20)25(32)30-17-9-15-23(30)26(33)35-19-24(31)21-12-5-2-6-13-21/h1-6,10-13,22-23H,7-9,14-19,28H2,(H,29,34)/t22-,23+/m0/s1. The highest BCUT2D eigenvalue weighted by Crippen LogP contribution is 2.21. The molecule has 9 heteroatoms. The molecule has 2 atom stereocenters. The number of alkyl carbamates (subject to hydrolysis) is 1. The van der Waals surface area contributed by atoms with E-state index in [2.05, 4.69) is 5.32 Å². The van der Waals surface area contributed by atoms with Crippen LogP contribution in [0.2, 0.25) is 0 Å². The molecule has 0 spiro atoms. The normalized spacial score (nSPS) is 15.7. The van der Waals surface area contributed by atoms with Gasteiger partial charge in [0, 0.05) is 12.1 Å². The van der Waals surface area contributed by atoms with Gasteiger partial charge in [-0.3, -0.25) is 9.59 Å². The van der Waals surface area contributed by atoms with Crippen LogP contribution in [0.4, 0.5) is 4.79 Å². The van der Waals surface area contributed by atoms with Gasteiger partial charge in [0.15, 0.2) is 12.4 Å². The lowest BCUT2D eigenvalue weighted by Crippen LogP contribution is -2.52. The number of hydrogen-bond donors (Lipinski definition) is 2. The summed E-state index contributed by atoms with van der Waals surface area (Å²) in [6, 6.07) is 16.1. The van der Waals surface area contributed by atoms with E-state index in [0.29, 0.717) is 50.8 Å². The van der Waals surface area contributed by atoms with E-state index in [9.17, 15) is 19.2 Å². The molecule has 1 fully saturated rings. The largest absolute Gasteiger partial charge is 0.456 e. The Morgan fingerprint density at radius 3 is 2.36 bits per heavy atom. The minimum Gasteiger partial charge on any atom is -0.456 e. The summed E-state index contributed by atoms with van der Waals surface area (Å²) < 4.78 is 10.5. The Hall–Kier alpha value is -3.72. The molecule has 2 aromatic rings. The number of carbonyl (C=O) groups excluding carboxylic acids is 4. The molecule has 9 nitrogen and oxygen atoms in total. The van der Waals surface area contributed by atoms with Gasteiger partial charge in [0.05, 0.1) is 0 Å². The van der Waals surface area contributed by atoms with E-state index in [1.807, 2.05) is 30.3 Å². The second-order valence-electron chi connectivity index (χ2n) is 8.63. The lowest BCUT2D eigenvalue weighted by Gasteiger charge is -2.28. The fraction of sp³-hybridized carbons (Fsp3) is 0.407. The average molecular weight is 496 g/mol. The second kappa shape index (κ2) is 14.0. The minimum atomic E-state index is -0.862. The lowest BCUT2D eigenvalue weighted by atomic mass is 10.1. The molecule has 0 saturated carbocycles. The number of Topliss-reactive ketones (excluding diaryl/α,β-unsaturated/α-hetero) is 1. The van der Waals surface area contributed by atoms with Crippen LogP contribution >= 0.6 is 0 Å². The molecule has 0 bridgehead atoms. The van der Waals surface area contributed by atoms with Crippen LogP contribution in [-0.4, -0.2) is 60.4 Å². The molecule has 2 aromatic carbocycles. The number of ether oxygens (including phenoxy) is 2. The summed E-state index contributed by atoms with van der Waals surface area (Å²) in [5.41, 5.74) is 6.86. The number of benzene rings is 2. The predicted octanol–water partition coefficient (Wildman–Crippen LogP) is 2.83. The number of amides is 2. The van der Waals surface area contributed by atoms with Gasteiger partial charge in [-0.2, -0.15) is 0 Å². The van der Waals surface area contributed by atoms with Crippen molar-refractivity contribution in [3.05, 3.63) is 71.8 Å². The number of carbonyl (C=O) groups is 4. The summed E-state index contributed by atoms with van der Waals surface area (Å²) in [4.78, 5) is 52.3. The number of unbranched alkanes of at least 4 members (excludes halogenated alkanes) is 1. The van der Waals surface area contributed by atoms with Crippen LogP contribution in [0.3, 0.4) is 0 Å². The number of ketones is 1. The van der Waals surface area contributed by atoms with Gasteiger partial charge in [-0.1, -0.05) is 60.7 Å². The summed E-state index contributed by atoms with van der Waals surface area (Å²) in [6.45, 7) is 0.503. The van der Waals surface area contributed by atoms with Gasteiger partial charge in [-0.05, 0) is 44.2 Å². The molecule has 0 unspecified atom stereocenters. The Kier molecular flexibility index (Phi) is 10.4. The van der Waals surface area contributed by atoms with Crippen LogP contribution in [0.15, 0.2) is 60.7 Å². The maximum Gasteiger partial charge on any atom is 0.408 e. The van der Waals surface area contributed by atoms with Gasteiger partial charge in [-0.25, -0.2) is 9.59 Å². The fourth-order valence-corrected chi connectivity index (χ4v) is 4.07. The van der Waals surface area contributed by atoms with Crippen molar-refractivity contribution in [2.45, 2.75) is 50.8 Å². The maximum atomic E-state index is 13.4. The monoisotopic (exact) mass is 495 g/mol. The molecular formula is C27H33N3O6. The van der Waals surface area contributed by atoms with Crippen molar-refractivity contribution in [3.63, 3.8) is 0 Å². The van der Waals surface area contributed by atoms with E-state index < -0.39 is 30.8 Å². The Morgan fingerprint density at radius 2 is 1.67 bits per heavy atom. The Bertz CT molecular complexity index is 1010. The van der Waals surface area contributed by atoms with Crippen molar-refractivity contribution in [1.29, 1.82) is 0 Å². The number of nitrogens with zero attached hydrogens (tertiary/aromatic N) is 1. The van der Waals surface area contributed by atoms with E-state index in [1.165, 1.54) is 4.90 Å². The van der Waals surface area contributed by atoms with Crippen molar-refractivity contribution in [2.75, 3.05) is 19.7 Å². The summed E-state index contributed by atoms with van der Waals surface area (Å²) in [6.07, 6.45) is 2.01. The van der Waals surface area contributed by atoms with Gasteiger partial charge in [0.25, 0.3) is 0 Å². The first-order valence-electron chi connectivity index (χ1n) is 12.2. The number of nitrogens with two attached hydrogens (primary N) is 1. The van der Waals surface area contributed by atoms with E-state index in [0.717, 1.165) is 5.56 Å². The van der Waals surface area contributed by atoms with Crippen LogP contribution in [0.1, 0.15) is 48.0 Å². The molecule has 192 valence electrons. The highest BCUT2D eigenvalue weighted by atomic mass is 16.5. The maximum absolute atomic E-state index is 13.4. The first-order chi connectivity index (χ1) is 17.5. The highest BCUT2D eigenvalue weighted by molar-refractivity contribution is 5.98. The molecule has 1 aliphatic rings. The molecule has 3 rings (SSSR count). The minimum absolute atomic E-state index is 0.0739. The van der Waals surface area contributed by atoms with E-state index in [1.54, 1.807) is 30.3 Å². The first kappa shape index (κ1) is 26.9. The zero-order chi connectivity index (χ0) is 25.8. The average Bonchev–Trinajstić information content (AvgIpc) is 3.41. The van der Waals surface area contributed by atoms with Crippen LogP contribution in [0, 0.1) is 0 Å². The number of nitrogens with one attached hydrogen (secondary N) is 1. The molecule has 0 radical (unpaired) electrons. The summed E-state index contributed by atoms with van der Waals surface area (Å²) in [5, 5.41) is 2.65. The fourth-order valence-electron chi connectivity index (χ4n) is 4.07. The van der Waals surface area contributed by atoms with Crippen LogP contribution < -0.4 is 11.1 Å². The summed E-state index contributed by atoms with van der Waals surface area (Å²) in [5.74, 6) is -1.32. The summed E-state index contributed by atoms with van der Waals surface area (Å²) >= 11 is 0. The highest BCUT2D eigenvalue weighted by Gasteiger charge is 2.38. The molecule has 0 aromatic heterocycles. The van der Waals surface area contributed by atoms with Gasteiger partial charge in [-0.15, -0.1) is 0 Å².